The molecule has 0 radical (unpaired) electrons. The van der Waals surface area contributed by atoms with Crippen LogP contribution in [0.3, 0.4) is 0 Å². The van der Waals surface area contributed by atoms with E-state index < -0.39 is 0 Å². The molecule has 0 aliphatic rings. The molecule has 9 aromatic carbocycles. The number of rotatable bonds is 6. The molecule has 0 saturated carbocycles. The van der Waals surface area contributed by atoms with Gasteiger partial charge in [-0.05, 0) is 71.8 Å². The van der Waals surface area contributed by atoms with Gasteiger partial charge >= 0.3 is 0 Å². The lowest BCUT2D eigenvalue weighted by Crippen LogP contribution is -2.12. The van der Waals surface area contributed by atoms with Gasteiger partial charge in [0, 0.05) is 49.1 Å². The molecule has 0 saturated heterocycles. The summed E-state index contributed by atoms with van der Waals surface area (Å²) in [5.74, 6) is 0. The maximum Gasteiger partial charge on any atom is 0.159 e. The van der Waals surface area contributed by atoms with Crippen LogP contribution in [0.2, 0.25) is 0 Å². The molecule has 272 valence electrons. The highest BCUT2D eigenvalue weighted by molar-refractivity contribution is 6.19. The topological polar surface area (TPSA) is 34.5 Å². The van der Waals surface area contributed by atoms with E-state index >= 15 is 0 Å². The predicted molar refractivity (Wildman–Crippen MR) is 241 cm³/mol. The van der Waals surface area contributed by atoms with Crippen LogP contribution in [0.25, 0.3) is 93.6 Å². The molecule has 3 heterocycles. The van der Waals surface area contributed by atoms with E-state index in [4.69, 9.17) is 8.83 Å². The fourth-order valence-corrected chi connectivity index (χ4v) is 9.06. The molecule has 3 aromatic heterocycles. The summed E-state index contributed by atoms with van der Waals surface area (Å²) < 4.78 is 15.8. The van der Waals surface area contributed by atoms with Gasteiger partial charge < -0.3 is 18.3 Å². The summed E-state index contributed by atoms with van der Waals surface area (Å²) in [5, 5.41) is 6.73. The third-order valence-corrected chi connectivity index (χ3v) is 11.6. The number of anilines is 3. The Morgan fingerprint density at radius 3 is 1.69 bits per heavy atom. The third-order valence-electron chi connectivity index (χ3n) is 11.6. The van der Waals surface area contributed by atoms with Gasteiger partial charge in [-0.15, -0.1) is 0 Å². The van der Waals surface area contributed by atoms with Crippen LogP contribution < -0.4 is 4.90 Å². The van der Waals surface area contributed by atoms with E-state index in [1.165, 1.54) is 5.39 Å². The summed E-state index contributed by atoms with van der Waals surface area (Å²) in [6.45, 7) is 0. The number of para-hydroxylation sites is 6. The zero-order valence-electron chi connectivity index (χ0n) is 31.3. The Kier molecular flexibility index (Phi) is 7.20. The van der Waals surface area contributed by atoms with Crippen LogP contribution in [0.15, 0.2) is 215 Å². The second-order valence-electron chi connectivity index (χ2n) is 14.8. The number of hydrogen-bond acceptors (Lipinski definition) is 3. The second-order valence-corrected chi connectivity index (χ2v) is 14.8. The van der Waals surface area contributed by atoms with Gasteiger partial charge in [-0.1, -0.05) is 146 Å². The summed E-state index contributed by atoms with van der Waals surface area (Å²) in [6.07, 6.45) is 0. The molecule has 4 heteroatoms. The number of benzene rings is 9. The van der Waals surface area contributed by atoms with Crippen LogP contribution >= 0.6 is 0 Å². The second kappa shape index (κ2) is 12.9. The lowest BCUT2D eigenvalue weighted by Gasteiger charge is -2.29. The minimum atomic E-state index is 0.836. The normalized spacial score (nSPS) is 11.8. The number of furan rings is 2. The van der Waals surface area contributed by atoms with Crippen LogP contribution in [0.5, 0.6) is 0 Å². The van der Waals surface area contributed by atoms with E-state index in [1.54, 1.807) is 0 Å². The summed E-state index contributed by atoms with van der Waals surface area (Å²) in [4.78, 5) is 2.42. The van der Waals surface area contributed by atoms with Crippen molar-refractivity contribution in [3.8, 4) is 27.9 Å². The largest absolute Gasteiger partial charge is 0.455 e. The molecule has 0 fully saturated rings. The standard InChI is InChI=1S/C54H34N2O2/c1-3-16-35(17-4-1)44-34-36(38-23-13-24-41-39-20-8-11-30-50(39)57-53(38)41)32-33-46(44)56(49-29-14-25-42-40-21-9-12-31-51(40)58-54(42)49)48-28-15-27-47-52(48)43-22-7-10-26-45(43)55(47)37-18-5-2-6-19-37/h1-34H. The quantitative estimate of drug-likeness (QED) is 0.170. The highest BCUT2D eigenvalue weighted by atomic mass is 16.3. The Morgan fingerprint density at radius 1 is 0.345 bits per heavy atom. The van der Waals surface area contributed by atoms with Crippen LogP contribution in [0, 0.1) is 0 Å². The van der Waals surface area contributed by atoms with Gasteiger partial charge in [0.05, 0.1) is 28.1 Å². The lowest BCUT2D eigenvalue weighted by molar-refractivity contribution is 0.669. The van der Waals surface area contributed by atoms with Crippen LogP contribution in [-0.4, -0.2) is 4.57 Å². The van der Waals surface area contributed by atoms with Crippen LogP contribution in [-0.2, 0) is 0 Å². The Hall–Kier alpha value is -7.82. The monoisotopic (exact) mass is 742 g/mol. The van der Waals surface area contributed by atoms with E-state index in [2.05, 4.69) is 198 Å². The van der Waals surface area contributed by atoms with Crippen molar-refractivity contribution in [2.45, 2.75) is 0 Å². The summed E-state index contributed by atoms with van der Waals surface area (Å²) >= 11 is 0. The number of hydrogen-bond donors (Lipinski definition) is 0. The predicted octanol–water partition coefficient (Wildman–Crippen LogP) is 15.4. The van der Waals surface area contributed by atoms with E-state index in [9.17, 15) is 0 Å². The van der Waals surface area contributed by atoms with Crippen LogP contribution in [0.1, 0.15) is 0 Å². The fourth-order valence-electron chi connectivity index (χ4n) is 9.06. The van der Waals surface area contributed by atoms with E-state index in [-0.39, 0.29) is 0 Å². The molecule has 0 bridgehead atoms. The zero-order valence-corrected chi connectivity index (χ0v) is 31.3. The van der Waals surface area contributed by atoms with Crippen molar-refractivity contribution in [2.75, 3.05) is 4.90 Å². The molecule has 0 aliphatic carbocycles. The van der Waals surface area contributed by atoms with Gasteiger partial charge in [-0.25, -0.2) is 0 Å². The Balaban J connectivity index is 1.19. The van der Waals surface area contributed by atoms with Gasteiger partial charge in [-0.2, -0.15) is 0 Å². The summed E-state index contributed by atoms with van der Waals surface area (Å²) in [6, 6.07) is 73.2. The molecule has 12 aromatic rings. The molecule has 0 atom stereocenters. The maximum atomic E-state index is 6.84. The van der Waals surface area contributed by atoms with Crippen molar-refractivity contribution in [2.24, 2.45) is 0 Å². The molecule has 0 N–H and O–H groups in total. The molecular weight excluding hydrogens is 709 g/mol. The number of nitrogens with zero attached hydrogens (tertiary/aromatic N) is 2. The highest BCUT2D eigenvalue weighted by Gasteiger charge is 2.26. The SMILES string of the molecule is c1ccc(-c2cc(-c3cccc4c3oc3ccccc34)ccc2N(c2cccc3c2oc2ccccc23)c2cccc3c2c2ccccc2n3-c2ccccc2)cc1. The molecule has 0 spiro atoms. The van der Waals surface area contributed by atoms with Crippen molar-refractivity contribution in [1.82, 2.24) is 4.57 Å². The molecule has 4 nitrogen and oxygen atoms in total. The van der Waals surface area contributed by atoms with Gasteiger partial charge in [0.15, 0.2) is 5.58 Å². The maximum absolute atomic E-state index is 6.84. The van der Waals surface area contributed by atoms with Crippen molar-refractivity contribution >= 4 is 82.7 Å². The first kappa shape index (κ1) is 32.4. The minimum absolute atomic E-state index is 0.836. The van der Waals surface area contributed by atoms with Crippen molar-refractivity contribution in [3.05, 3.63) is 206 Å². The lowest BCUT2D eigenvalue weighted by atomic mass is 9.95. The number of aromatic nitrogens is 1. The first-order chi connectivity index (χ1) is 28.8. The third kappa shape index (κ3) is 4.88. The van der Waals surface area contributed by atoms with E-state index in [1.807, 2.05) is 18.2 Å². The first-order valence-corrected chi connectivity index (χ1v) is 19.7. The van der Waals surface area contributed by atoms with Crippen molar-refractivity contribution in [3.63, 3.8) is 0 Å². The average molecular weight is 743 g/mol. The fraction of sp³-hybridized carbons (Fsp3) is 0. The Bertz CT molecular complexity index is 3520. The minimum Gasteiger partial charge on any atom is -0.455 e. The molecule has 0 amide bonds. The summed E-state index contributed by atoms with van der Waals surface area (Å²) in [7, 11) is 0. The smallest absolute Gasteiger partial charge is 0.159 e. The van der Waals surface area contributed by atoms with Gasteiger partial charge in [0.25, 0.3) is 0 Å². The van der Waals surface area contributed by atoms with E-state index in [0.29, 0.717) is 0 Å². The molecule has 58 heavy (non-hydrogen) atoms. The average Bonchev–Trinajstić information content (AvgIpc) is 3.98. The molecule has 0 unspecified atom stereocenters. The van der Waals surface area contributed by atoms with Crippen molar-refractivity contribution in [1.29, 1.82) is 0 Å². The Labute approximate surface area is 334 Å². The van der Waals surface area contributed by atoms with Crippen LogP contribution in [0.4, 0.5) is 17.1 Å². The first-order valence-electron chi connectivity index (χ1n) is 19.7. The van der Waals surface area contributed by atoms with Gasteiger partial charge in [0.1, 0.15) is 16.7 Å². The Morgan fingerprint density at radius 2 is 0.914 bits per heavy atom. The zero-order chi connectivity index (χ0) is 38.2. The van der Waals surface area contributed by atoms with Gasteiger partial charge in [-0.3, -0.25) is 0 Å². The highest BCUT2D eigenvalue weighted by Crippen LogP contribution is 2.50. The van der Waals surface area contributed by atoms with Crippen molar-refractivity contribution < 1.29 is 8.83 Å². The number of fused-ring (bicyclic) bond motifs is 9. The van der Waals surface area contributed by atoms with Gasteiger partial charge in [0.2, 0.25) is 0 Å². The molecule has 12 rings (SSSR count). The molecule has 0 aliphatic heterocycles. The van der Waals surface area contributed by atoms with E-state index in [0.717, 1.165) is 105 Å². The molecular formula is C54H34N2O2. The summed E-state index contributed by atoms with van der Waals surface area (Å²) in [5.41, 5.74) is 14.2.